The number of nitrogens with one attached hydrogen (secondary N) is 1. The van der Waals surface area contributed by atoms with Gasteiger partial charge in [0, 0.05) is 23.9 Å². The van der Waals surface area contributed by atoms with Crippen LogP contribution < -0.4 is 5.69 Å². The Kier molecular flexibility index (Phi) is 4.21. The van der Waals surface area contributed by atoms with E-state index in [4.69, 9.17) is 4.74 Å². The highest BCUT2D eigenvalue weighted by Crippen LogP contribution is 2.38. The molecule has 3 heterocycles. The highest BCUT2D eigenvalue weighted by Gasteiger charge is 2.32. The van der Waals surface area contributed by atoms with E-state index in [2.05, 4.69) is 9.97 Å². The standard InChI is InChI=1S/C17H15FN4O5/c18-12-7-19-17(24)21-15(13-6-5-11(8-23)27-13)14(20-16(12)21)9-1-3-10(4-2-9)22(25)26/h1-4,7,11,13,23H,5-6,8H2,(H,19,24)/t11-,13-/m1/s1. The second-order valence-electron chi connectivity index (χ2n) is 6.26. The minimum Gasteiger partial charge on any atom is -0.394 e. The summed E-state index contributed by atoms with van der Waals surface area (Å²) in [6.45, 7) is -0.162. The van der Waals surface area contributed by atoms with E-state index in [1.54, 1.807) is 0 Å². The number of benzene rings is 1. The number of non-ortho nitro benzene ring substituents is 1. The molecule has 1 aliphatic heterocycles. The van der Waals surface area contributed by atoms with E-state index in [0.717, 1.165) is 10.6 Å². The van der Waals surface area contributed by atoms with Gasteiger partial charge in [0.1, 0.15) is 6.10 Å². The summed E-state index contributed by atoms with van der Waals surface area (Å²) in [5.74, 6) is -0.708. The summed E-state index contributed by atoms with van der Waals surface area (Å²) in [6, 6.07) is 5.62. The molecule has 9 nitrogen and oxygen atoms in total. The molecule has 10 heteroatoms. The Balaban J connectivity index is 1.93. The van der Waals surface area contributed by atoms with E-state index in [1.807, 2.05) is 0 Å². The van der Waals surface area contributed by atoms with E-state index in [9.17, 15) is 24.4 Å². The van der Waals surface area contributed by atoms with E-state index >= 15 is 0 Å². The van der Waals surface area contributed by atoms with E-state index < -0.39 is 22.5 Å². The van der Waals surface area contributed by atoms with Gasteiger partial charge in [-0.05, 0) is 25.0 Å². The van der Waals surface area contributed by atoms with Crippen molar-refractivity contribution in [2.45, 2.75) is 25.0 Å². The summed E-state index contributed by atoms with van der Waals surface area (Å²) in [6.07, 6.45) is 1.10. The molecule has 4 rings (SSSR count). The number of aromatic nitrogens is 3. The topological polar surface area (TPSA) is 123 Å². The molecule has 0 bridgehead atoms. The van der Waals surface area contributed by atoms with Crippen LogP contribution in [0.5, 0.6) is 0 Å². The highest BCUT2D eigenvalue weighted by atomic mass is 19.1. The lowest BCUT2D eigenvalue weighted by atomic mass is 10.0. The number of H-pyrrole nitrogens is 1. The molecule has 2 atom stereocenters. The highest BCUT2D eigenvalue weighted by molar-refractivity contribution is 5.68. The number of fused-ring (bicyclic) bond motifs is 1. The van der Waals surface area contributed by atoms with Crippen molar-refractivity contribution in [3.8, 4) is 11.3 Å². The number of aromatic amines is 1. The van der Waals surface area contributed by atoms with Gasteiger partial charge in [-0.2, -0.15) is 0 Å². The number of ether oxygens (including phenoxy) is 1. The molecule has 1 fully saturated rings. The van der Waals surface area contributed by atoms with Gasteiger partial charge in [0.2, 0.25) is 0 Å². The van der Waals surface area contributed by atoms with Crippen molar-refractivity contribution in [2.75, 3.05) is 6.61 Å². The van der Waals surface area contributed by atoms with Crippen LogP contribution in [0.2, 0.25) is 0 Å². The molecule has 1 aliphatic rings. The Bertz CT molecular complexity index is 1080. The number of nitrogens with zero attached hydrogens (tertiary/aromatic N) is 3. The summed E-state index contributed by atoms with van der Waals surface area (Å²) in [5.41, 5.74) is 0.343. The van der Waals surface area contributed by atoms with Gasteiger partial charge in [-0.1, -0.05) is 0 Å². The summed E-state index contributed by atoms with van der Waals surface area (Å²) < 4.78 is 21.2. The van der Waals surface area contributed by atoms with Crippen molar-refractivity contribution in [3.05, 3.63) is 62.6 Å². The molecule has 0 amide bonds. The van der Waals surface area contributed by atoms with Gasteiger partial charge in [0.15, 0.2) is 11.5 Å². The second kappa shape index (κ2) is 6.56. The van der Waals surface area contributed by atoms with Crippen LogP contribution in [-0.2, 0) is 4.74 Å². The molecule has 3 aromatic rings. The van der Waals surface area contributed by atoms with Gasteiger partial charge in [-0.25, -0.2) is 18.6 Å². The molecule has 27 heavy (non-hydrogen) atoms. The Morgan fingerprint density at radius 2 is 2.11 bits per heavy atom. The quantitative estimate of drug-likeness (QED) is 0.531. The smallest absolute Gasteiger partial charge is 0.331 e. The number of aliphatic hydroxyl groups is 1. The third-order valence-electron chi connectivity index (χ3n) is 4.62. The molecule has 2 N–H and O–H groups in total. The maximum absolute atomic E-state index is 14.3. The average molecular weight is 374 g/mol. The fraction of sp³-hybridized carbons (Fsp3) is 0.294. The Morgan fingerprint density at radius 3 is 2.74 bits per heavy atom. The first kappa shape index (κ1) is 17.3. The summed E-state index contributed by atoms with van der Waals surface area (Å²) in [4.78, 5) is 29.3. The Morgan fingerprint density at radius 1 is 1.37 bits per heavy atom. The van der Waals surface area contributed by atoms with E-state index in [-0.39, 0.29) is 24.0 Å². The van der Waals surface area contributed by atoms with Crippen molar-refractivity contribution in [1.82, 2.24) is 14.4 Å². The minimum absolute atomic E-state index is 0.0921. The average Bonchev–Trinajstić information content (AvgIpc) is 3.29. The Labute approximate surface area is 151 Å². The van der Waals surface area contributed by atoms with E-state index in [1.165, 1.54) is 24.3 Å². The van der Waals surface area contributed by atoms with Gasteiger partial charge in [0.25, 0.3) is 5.69 Å². The third kappa shape index (κ3) is 2.88. The fourth-order valence-corrected chi connectivity index (χ4v) is 3.34. The van der Waals surface area contributed by atoms with Crippen molar-refractivity contribution in [2.24, 2.45) is 0 Å². The lowest BCUT2D eigenvalue weighted by Crippen LogP contribution is -2.21. The number of rotatable bonds is 4. The van der Waals surface area contributed by atoms with Gasteiger partial charge < -0.3 is 14.8 Å². The molecule has 2 aromatic heterocycles. The number of hydrogen-bond acceptors (Lipinski definition) is 6. The molecular weight excluding hydrogens is 359 g/mol. The van der Waals surface area contributed by atoms with Crippen LogP contribution >= 0.6 is 0 Å². The zero-order chi connectivity index (χ0) is 19.1. The first-order valence-electron chi connectivity index (χ1n) is 8.30. The van der Waals surface area contributed by atoms with Gasteiger partial charge in [-0.3, -0.25) is 10.1 Å². The zero-order valence-corrected chi connectivity index (χ0v) is 14.0. The van der Waals surface area contributed by atoms with Gasteiger partial charge in [0.05, 0.1) is 29.0 Å². The number of aliphatic hydroxyl groups excluding tert-OH is 1. The first-order valence-corrected chi connectivity index (χ1v) is 8.30. The molecule has 1 aromatic carbocycles. The lowest BCUT2D eigenvalue weighted by Gasteiger charge is -2.13. The molecule has 0 aliphatic carbocycles. The molecular formula is C17H15FN4O5. The van der Waals surface area contributed by atoms with Crippen LogP contribution in [0.1, 0.15) is 24.6 Å². The second-order valence-corrected chi connectivity index (χ2v) is 6.26. The number of nitro groups is 1. The summed E-state index contributed by atoms with van der Waals surface area (Å²) >= 11 is 0. The maximum Gasteiger partial charge on any atom is 0.331 e. The first-order chi connectivity index (χ1) is 13.0. The number of imidazole rings is 1. The van der Waals surface area contributed by atoms with E-state index in [0.29, 0.717) is 29.8 Å². The lowest BCUT2D eigenvalue weighted by molar-refractivity contribution is -0.384. The predicted octanol–water partition coefficient (Wildman–Crippen LogP) is 1.95. The van der Waals surface area contributed by atoms with Crippen molar-refractivity contribution in [1.29, 1.82) is 0 Å². The van der Waals surface area contributed by atoms with Crippen LogP contribution in [0.3, 0.4) is 0 Å². The fourth-order valence-electron chi connectivity index (χ4n) is 3.34. The minimum atomic E-state index is -0.708. The molecule has 0 radical (unpaired) electrons. The van der Waals surface area contributed by atoms with Gasteiger partial charge in [-0.15, -0.1) is 0 Å². The van der Waals surface area contributed by atoms with Crippen LogP contribution in [0.15, 0.2) is 35.3 Å². The summed E-state index contributed by atoms with van der Waals surface area (Å²) in [5, 5.41) is 20.2. The number of hydrogen-bond donors (Lipinski definition) is 2. The van der Waals surface area contributed by atoms with Crippen LogP contribution in [0.4, 0.5) is 10.1 Å². The molecule has 0 unspecified atom stereocenters. The monoisotopic (exact) mass is 374 g/mol. The van der Waals surface area contributed by atoms with Crippen LogP contribution in [0, 0.1) is 15.9 Å². The van der Waals surface area contributed by atoms with Crippen molar-refractivity contribution in [3.63, 3.8) is 0 Å². The normalized spacial score (nSPS) is 19.6. The third-order valence-corrected chi connectivity index (χ3v) is 4.62. The largest absolute Gasteiger partial charge is 0.394 e. The molecule has 1 saturated heterocycles. The summed E-state index contributed by atoms with van der Waals surface area (Å²) in [7, 11) is 0. The van der Waals surface area contributed by atoms with Crippen molar-refractivity contribution < 1.29 is 19.2 Å². The SMILES string of the molecule is O=c1[nH]cc(F)c2nc(-c3ccc([N+](=O)[O-])cc3)c([C@H]3CC[C@H](CO)O3)n12. The van der Waals surface area contributed by atoms with Crippen LogP contribution in [0.25, 0.3) is 16.9 Å². The maximum atomic E-state index is 14.3. The van der Waals surface area contributed by atoms with Crippen molar-refractivity contribution >= 4 is 11.3 Å². The number of halogens is 1. The molecule has 0 saturated carbocycles. The Hall–Kier alpha value is -3.11. The molecule has 0 spiro atoms. The number of nitro benzene ring substituents is 1. The molecule has 140 valence electrons. The zero-order valence-electron chi connectivity index (χ0n) is 14.0. The van der Waals surface area contributed by atoms with Gasteiger partial charge >= 0.3 is 5.69 Å². The predicted molar refractivity (Wildman–Crippen MR) is 91.8 cm³/mol. The van der Waals surface area contributed by atoms with Crippen LogP contribution in [-0.4, -0.2) is 37.1 Å².